The molecule has 1 heterocycles. The van der Waals surface area contributed by atoms with Crippen molar-refractivity contribution in [2.75, 3.05) is 5.32 Å². The number of furan rings is 1. The van der Waals surface area contributed by atoms with E-state index in [4.69, 9.17) is 32.7 Å². The lowest BCUT2D eigenvalue weighted by Crippen LogP contribution is -2.05. The highest BCUT2D eigenvalue weighted by Gasteiger charge is 2.14. The molecule has 2 rings (SSSR count). The second-order valence-corrected chi connectivity index (χ2v) is 5.41. The van der Waals surface area contributed by atoms with Crippen LogP contribution in [-0.2, 0) is 6.54 Å². The van der Waals surface area contributed by atoms with Gasteiger partial charge in [0.25, 0.3) is 0 Å². The van der Waals surface area contributed by atoms with Crippen molar-refractivity contribution in [2.45, 2.75) is 6.54 Å². The van der Waals surface area contributed by atoms with Gasteiger partial charge in [0.05, 0.1) is 22.0 Å². The SMILES string of the molecule is O=C(O)c1occc1CNc1c(Cl)cc(Br)cc1Cl. The highest BCUT2D eigenvalue weighted by molar-refractivity contribution is 9.10. The van der Waals surface area contributed by atoms with Gasteiger partial charge in [-0.25, -0.2) is 4.79 Å². The lowest BCUT2D eigenvalue weighted by atomic mass is 10.2. The Balaban J connectivity index is 2.19. The first-order chi connectivity index (χ1) is 8.99. The summed E-state index contributed by atoms with van der Waals surface area (Å²) in [5.41, 5.74) is 1.06. The first-order valence-corrected chi connectivity index (χ1v) is 6.72. The minimum Gasteiger partial charge on any atom is -0.475 e. The summed E-state index contributed by atoms with van der Waals surface area (Å²) in [4.78, 5) is 10.9. The molecule has 100 valence electrons. The van der Waals surface area contributed by atoms with Crippen LogP contribution in [0.2, 0.25) is 10.0 Å². The average Bonchev–Trinajstić information content (AvgIpc) is 2.75. The van der Waals surface area contributed by atoms with E-state index >= 15 is 0 Å². The third-order valence-corrected chi connectivity index (χ3v) is 3.46. The second kappa shape index (κ2) is 5.86. The van der Waals surface area contributed by atoms with E-state index in [9.17, 15) is 4.79 Å². The van der Waals surface area contributed by atoms with Crippen LogP contribution in [0.3, 0.4) is 0 Å². The number of carbonyl (C=O) groups is 1. The second-order valence-electron chi connectivity index (χ2n) is 3.68. The number of rotatable bonds is 4. The molecule has 0 aliphatic heterocycles. The van der Waals surface area contributed by atoms with Crippen LogP contribution in [0.1, 0.15) is 16.1 Å². The van der Waals surface area contributed by atoms with Gasteiger partial charge in [0, 0.05) is 16.6 Å². The predicted molar refractivity (Wildman–Crippen MR) is 77.2 cm³/mol. The summed E-state index contributed by atoms with van der Waals surface area (Å²) < 4.78 is 5.65. The zero-order valence-corrected chi connectivity index (χ0v) is 12.5. The Kier molecular flexibility index (Phi) is 4.39. The molecule has 4 nitrogen and oxygen atoms in total. The van der Waals surface area contributed by atoms with Gasteiger partial charge in [0.1, 0.15) is 0 Å². The van der Waals surface area contributed by atoms with Crippen LogP contribution in [0.25, 0.3) is 0 Å². The molecular weight excluding hydrogens is 357 g/mol. The van der Waals surface area contributed by atoms with E-state index in [0.29, 0.717) is 21.3 Å². The van der Waals surface area contributed by atoms with Gasteiger partial charge < -0.3 is 14.8 Å². The van der Waals surface area contributed by atoms with Gasteiger partial charge in [0.15, 0.2) is 0 Å². The van der Waals surface area contributed by atoms with Gasteiger partial charge >= 0.3 is 5.97 Å². The fourth-order valence-electron chi connectivity index (χ4n) is 1.56. The van der Waals surface area contributed by atoms with Crippen molar-refractivity contribution in [2.24, 2.45) is 0 Å². The summed E-state index contributed by atoms with van der Waals surface area (Å²) in [6, 6.07) is 4.98. The Morgan fingerprint density at radius 1 is 1.37 bits per heavy atom. The van der Waals surface area contributed by atoms with Crippen molar-refractivity contribution < 1.29 is 14.3 Å². The molecule has 0 radical (unpaired) electrons. The minimum atomic E-state index is -1.12. The number of hydrogen-bond acceptors (Lipinski definition) is 3. The quantitative estimate of drug-likeness (QED) is 0.828. The lowest BCUT2D eigenvalue weighted by Gasteiger charge is -2.10. The van der Waals surface area contributed by atoms with Crippen molar-refractivity contribution in [1.82, 2.24) is 0 Å². The fourth-order valence-corrected chi connectivity index (χ4v) is 2.90. The Bertz CT molecular complexity index is 604. The van der Waals surface area contributed by atoms with Crippen molar-refractivity contribution in [1.29, 1.82) is 0 Å². The number of nitrogens with one attached hydrogen (secondary N) is 1. The number of benzene rings is 1. The Morgan fingerprint density at radius 2 is 2.00 bits per heavy atom. The number of carboxylic acids is 1. The summed E-state index contributed by atoms with van der Waals surface area (Å²) in [6.45, 7) is 0.249. The molecule has 1 aromatic heterocycles. The third kappa shape index (κ3) is 3.23. The summed E-state index contributed by atoms with van der Waals surface area (Å²) in [7, 11) is 0. The molecular formula is C12H8BrCl2NO3. The third-order valence-electron chi connectivity index (χ3n) is 2.40. The monoisotopic (exact) mass is 363 g/mol. The van der Waals surface area contributed by atoms with Gasteiger partial charge in [0.2, 0.25) is 5.76 Å². The molecule has 2 N–H and O–H groups in total. The largest absolute Gasteiger partial charge is 0.475 e. The number of anilines is 1. The van der Waals surface area contributed by atoms with Gasteiger partial charge in [-0.15, -0.1) is 0 Å². The number of aromatic carboxylic acids is 1. The van der Waals surface area contributed by atoms with E-state index in [0.717, 1.165) is 4.47 Å². The van der Waals surface area contributed by atoms with Gasteiger partial charge in [-0.3, -0.25) is 0 Å². The van der Waals surface area contributed by atoms with E-state index < -0.39 is 5.97 Å². The molecule has 0 unspecified atom stereocenters. The molecule has 0 bridgehead atoms. The Hall–Kier alpha value is -1.17. The van der Waals surface area contributed by atoms with Crippen LogP contribution in [-0.4, -0.2) is 11.1 Å². The van der Waals surface area contributed by atoms with Gasteiger partial charge in [-0.1, -0.05) is 39.1 Å². The van der Waals surface area contributed by atoms with E-state index in [1.54, 1.807) is 18.2 Å². The maximum Gasteiger partial charge on any atom is 0.372 e. The Labute approximate surface area is 127 Å². The highest BCUT2D eigenvalue weighted by atomic mass is 79.9. The molecule has 0 aliphatic rings. The van der Waals surface area contributed by atoms with Crippen LogP contribution >= 0.6 is 39.1 Å². The van der Waals surface area contributed by atoms with Crippen LogP contribution in [0.4, 0.5) is 5.69 Å². The summed E-state index contributed by atoms with van der Waals surface area (Å²) in [6.07, 6.45) is 1.32. The molecule has 0 saturated carbocycles. The average molecular weight is 365 g/mol. The van der Waals surface area contributed by atoms with Crippen molar-refractivity contribution >= 4 is 50.8 Å². The smallest absolute Gasteiger partial charge is 0.372 e. The molecule has 7 heteroatoms. The minimum absolute atomic E-state index is 0.100. The normalized spacial score (nSPS) is 10.5. The van der Waals surface area contributed by atoms with Crippen LogP contribution in [0.15, 0.2) is 33.4 Å². The summed E-state index contributed by atoms with van der Waals surface area (Å²) in [5.74, 6) is -1.22. The topological polar surface area (TPSA) is 62.5 Å². The molecule has 0 amide bonds. The molecule has 0 atom stereocenters. The number of hydrogen-bond donors (Lipinski definition) is 2. The molecule has 2 aromatic rings. The molecule has 0 spiro atoms. The standard InChI is InChI=1S/C12H8BrCl2NO3/c13-7-3-8(14)10(9(15)4-7)16-5-6-1-2-19-11(6)12(17)18/h1-4,16H,5H2,(H,17,18). The van der Waals surface area contributed by atoms with Crippen LogP contribution in [0.5, 0.6) is 0 Å². The van der Waals surface area contributed by atoms with Crippen molar-refractivity contribution in [3.05, 3.63) is 50.3 Å². The fraction of sp³-hybridized carbons (Fsp3) is 0.0833. The Morgan fingerprint density at radius 3 is 2.58 bits per heavy atom. The first kappa shape index (κ1) is 14.2. The molecule has 0 fully saturated rings. The van der Waals surface area contributed by atoms with Crippen LogP contribution in [0, 0.1) is 0 Å². The molecule has 1 aromatic carbocycles. The molecule has 0 saturated heterocycles. The number of carboxylic acid groups (broad SMARTS) is 1. The number of halogens is 3. The summed E-state index contributed by atoms with van der Waals surface area (Å²) >= 11 is 15.4. The van der Waals surface area contributed by atoms with Crippen LogP contribution < -0.4 is 5.32 Å². The lowest BCUT2D eigenvalue weighted by molar-refractivity contribution is 0.0661. The van der Waals surface area contributed by atoms with E-state index in [-0.39, 0.29) is 12.3 Å². The maximum absolute atomic E-state index is 10.9. The van der Waals surface area contributed by atoms with E-state index in [2.05, 4.69) is 21.2 Å². The molecule has 19 heavy (non-hydrogen) atoms. The zero-order valence-electron chi connectivity index (χ0n) is 9.41. The molecule has 0 aliphatic carbocycles. The highest BCUT2D eigenvalue weighted by Crippen LogP contribution is 2.34. The van der Waals surface area contributed by atoms with Crippen molar-refractivity contribution in [3.63, 3.8) is 0 Å². The van der Waals surface area contributed by atoms with E-state index in [1.165, 1.54) is 6.26 Å². The first-order valence-electron chi connectivity index (χ1n) is 5.17. The summed E-state index contributed by atoms with van der Waals surface area (Å²) in [5, 5.41) is 12.8. The maximum atomic E-state index is 10.9. The van der Waals surface area contributed by atoms with E-state index in [1.807, 2.05) is 0 Å². The van der Waals surface area contributed by atoms with Crippen molar-refractivity contribution in [3.8, 4) is 0 Å². The zero-order chi connectivity index (χ0) is 14.0. The van der Waals surface area contributed by atoms with Gasteiger partial charge in [-0.2, -0.15) is 0 Å². The predicted octanol–water partition coefficient (Wildman–Crippen LogP) is 4.66. The van der Waals surface area contributed by atoms with Gasteiger partial charge in [-0.05, 0) is 18.2 Å².